The van der Waals surface area contributed by atoms with E-state index in [4.69, 9.17) is 0 Å². The van der Waals surface area contributed by atoms with Gasteiger partial charge in [-0.25, -0.2) is 12.8 Å². The van der Waals surface area contributed by atoms with Crippen LogP contribution in [0.25, 0.3) is 0 Å². The molecule has 2 atom stereocenters. The van der Waals surface area contributed by atoms with Crippen molar-refractivity contribution in [1.82, 2.24) is 9.62 Å². The van der Waals surface area contributed by atoms with Crippen LogP contribution in [-0.4, -0.2) is 31.7 Å². The lowest BCUT2D eigenvalue weighted by Crippen LogP contribution is -2.45. The highest BCUT2D eigenvalue weighted by Gasteiger charge is 2.34. The molecular formula is C18H21FN2O3S2. The van der Waals surface area contributed by atoms with E-state index in [2.05, 4.69) is 5.32 Å². The highest BCUT2D eigenvalue weighted by Crippen LogP contribution is 2.27. The van der Waals surface area contributed by atoms with Crippen LogP contribution in [-0.2, 0) is 14.8 Å². The Balaban J connectivity index is 1.66. The summed E-state index contributed by atoms with van der Waals surface area (Å²) in [6.07, 6.45) is 1.27. The fraction of sp³-hybridized carbons (Fsp3) is 0.389. The second-order valence-corrected chi connectivity index (χ2v) is 9.53. The van der Waals surface area contributed by atoms with Gasteiger partial charge in [0.15, 0.2) is 0 Å². The molecule has 1 N–H and O–H groups in total. The van der Waals surface area contributed by atoms with Crippen LogP contribution in [0.2, 0.25) is 0 Å². The summed E-state index contributed by atoms with van der Waals surface area (Å²) in [5.74, 6) is -0.961. The zero-order valence-corrected chi connectivity index (χ0v) is 16.0. The molecule has 0 aliphatic carbocycles. The Labute approximate surface area is 156 Å². The van der Waals surface area contributed by atoms with Crippen molar-refractivity contribution in [2.75, 3.05) is 13.1 Å². The Bertz CT molecular complexity index is 868. The first-order valence-corrected chi connectivity index (χ1v) is 10.8. The molecule has 5 nitrogen and oxygen atoms in total. The van der Waals surface area contributed by atoms with Gasteiger partial charge in [0.25, 0.3) is 10.0 Å². The number of nitrogens with one attached hydrogen (secondary N) is 1. The second-order valence-electron chi connectivity index (χ2n) is 6.42. The molecule has 1 aliphatic heterocycles. The van der Waals surface area contributed by atoms with E-state index in [-0.39, 0.29) is 24.3 Å². The maximum absolute atomic E-state index is 13.4. The molecule has 140 valence electrons. The van der Waals surface area contributed by atoms with Crippen molar-refractivity contribution in [3.8, 4) is 0 Å². The van der Waals surface area contributed by atoms with Crippen LogP contribution in [0.15, 0.2) is 46.0 Å². The van der Waals surface area contributed by atoms with Crippen molar-refractivity contribution in [2.45, 2.75) is 30.0 Å². The molecule has 0 bridgehead atoms. The smallest absolute Gasteiger partial charge is 0.252 e. The van der Waals surface area contributed by atoms with Crippen LogP contribution < -0.4 is 5.32 Å². The fourth-order valence-corrected chi connectivity index (χ4v) is 5.77. The van der Waals surface area contributed by atoms with E-state index in [0.717, 1.165) is 0 Å². The molecule has 1 aromatic carbocycles. The van der Waals surface area contributed by atoms with E-state index in [9.17, 15) is 17.6 Å². The largest absolute Gasteiger partial charge is 0.349 e. The molecule has 1 fully saturated rings. The van der Waals surface area contributed by atoms with Gasteiger partial charge in [0, 0.05) is 13.1 Å². The van der Waals surface area contributed by atoms with Gasteiger partial charge in [-0.3, -0.25) is 4.79 Å². The number of carbonyl (C=O) groups excluding carboxylic acids is 1. The topological polar surface area (TPSA) is 66.5 Å². The summed E-state index contributed by atoms with van der Waals surface area (Å²) in [5.41, 5.74) is 0.678. The molecule has 0 saturated carbocycles. The molecule has 26 heavy (non-hydrogen) atoms. The molecule has 1 aromatic heterocycles. The van der Waals surface area contributed by atoms with E-state index >= 15 is 0 Å². The standard InChI is InChI=1S/C18H21FN2O3S2/c1-13(14-5-2-7-16(19)11-14)20-18(22)15-6-3-9-21(12-15)26(23,24)17-8-4-10-25-17/h2,4-5,7-8,10-11,13,15H,3,6,9,12H2,1H3,(H,20,22). The van der Waals surface area contributed by atoms with Crippen LogP contribution >= 0.6 is 11.3 Å². The summed E-state index contributed by atoms with van der Waals surface area (Å²) < 4.78 is 40.4. The zero-order valence-electron chi connectivity index (χ0n) is 14.4. The number of amides is 1. The number of carbonyl (C=O) groups is 1. The first kappa shape index (κ1) is 19.0. The quantitative estimate of drug-likeness (QED) is 0.844. The fourth-order valence-electron chi connectivity index (χ4n) is 3.10. The van der Waals surface area contributed by atoms with Crippen LogP contribution in [0.4, 0.5) is 4.39 Å². The number of benzene rings is 1. The van der Waals surface area contributed by atoms with Gasteiger partial charge in [0.2, 0.25) is 5.91 Å². The molecule has 0 spiro atoms. The average Bonchev–Trinajstić information content (AvgIpc) is 3.17. The summed E-state index contributed by atoms with van der Waals surface area (Å²) in [7, 11) is -3.55. The third-order valence-corrected chi connectivity index (χ3v) is 7.79. The van der Waals surface area contributed by atoms with E-state index in [0.29, 0.717) is 29.2 Å². The van der Waals surface area contributed by atoms with Crippen molar-refractivity contribution < 1.29 is 17.6 Å². The molecule has 2 heterocycles. The van der Waals surface area contributed by atoms with E-state index in [1.54, 1.807) is 36.6 Å². The number of hydrogen-bond acceptors (Lipinski definition) is 4. The predicted molar refractivity (Wildman–Crippen MR) is 98.8 cm³/mol. The lowest BCUT2D eigenvalue weighted by molar-refractivity contribution is -0.126. The van der Waals surface area contributed by atoms with Gasteiger partial charge < -0.3 is 5.32 Å². The number of thiophene rings is 1. The van der Waals surface area contributed by atoms with Gasteiger partial charge in [0.1, 0.15) is 10.0 Å². The van der Waals surface area contributed by atoms with Gasteiger partial charge in [0.05, 0.1) is 12.0 Å². The Morgan fingerprint density at radius 3 is 2.85 bits per heavy atom. The Morgan fingerprint density at radius 2 is 2.15 bits per heavy atom. The molecule has 8 heteroatoms. The number of piperidine rings is 1. The highest BCUT2D eigenvalue weighted by molar-refractivity contribution is 7.91. The predicted octanol–water partition coefficient (Wildman–Crippen LogP) is 3.17. The Morgan fingerprint density at radius 1 is 1.35 bits per heavy atom. The van der Waals surface area contributed by atoms with Gasteiger partial charge in [-0.1, -0.05) is 18.2 Å². The van der Waals surface area contributed by atoms with Crippen LogP contribution in [0.1, 0.15) is 31.4 Å². The molecule has 1 amide bonds. The monoisotopic (exact) mass is 396 g/mol. The molecule has 0 radical (unpaired) electrons. The summed E-state index contributed by atoms with van der Waals surface area (Å²) in [6, 6.07) is 9.03. The van der Waals surface area contributed by atoms with Crippen LogP contribution in [0, 0.1) is 11.7 Å². The summed E-state index contributed by atoms with van der Waals surface area (Å²) in [4.78, 5) is 12.6. The van der Waals surface area contributed by atoms with Crippen molar-refractivity contribution >= 4 is 27.3 Å². The first-order valence-electron chi connectivity index (χ1n) is 8.47. The van der Waals surface area contributed by atoms with Gasteiger partial charge in [-0.05, 0) is 48.9 Å². The maximum atomic E-state index is 13.4. The molecule has 2 aromatic rings. The van der Waals surface area contributed by atoms with Crippen molar-refractivity contribution in [2.24, 2.45) is 5.92 Å². The van der Waals surface area contributed by atoms with Crippen LogP contribution in [0.3, 0.4) is 0 Å². The molecule has 1 saturated heterocycles. The van der Waals surface area contributed by atoms with E-state index in [1.165, 1.54) is 27.8 Å². The number of sulfonamides is 1. The minimum atomic E-state index is -3.55. The average molecular weight is 397 g/mol. The lowest BCUT2D eigenvalue weighted by atomic mass is 9.98. The van der Waals surface area contributed by atoms with E-state index < -0.39 is 15.9 Å². The highest BCUT2D eigenvalue weighted by atomic mass is 32.2. The molecular weight excluding hydrogens is 375 g/mol. The number of nitrogens with zero attached hydrogens (tertiary/aromatic N) is 1. The van der Waals surface area contributed by atoms with E-state index in [1.807, 2.05) is 0 Å². The maximum Gasteiger partial charge on any atom is 0.252 e. The Kier molecular flexibility index (Phi) is 5.74. The third-order valence-electron chi connectivity index (χ3n) is 4.55. The molecule has 2 unspecified atom stereocenters. The lowest BCUT2D eigenvalue weighted by Gasteiger charge is -2.31. The summed E-state index contributed by atoms with van der Waals surface area (Å²) >= 11 is 1.18. The second kappa shape index (κ2) is 7.85. The number of halogens is 1. The minimum Gasteiger partial charge on any atom is -0.349 e. The minimum absolute atomic E-state index is 0.169. The van der Waals surface area contributed by atoms with Crippen LogP contribution in [0.5, 0.6) is 0 Å². The number of rotatable bonds is 5. The van der Waals surface area contributed by atoms with Gasteiger partial charge >= 0.3 is 0 Å². The van der Waals surface area contributed by atoms with Crippen molar-refractivity contribution in [3.63, 3.8) is 0 Å². The summed E-state index contributed by atoms with van der Waals surface area (Å²) in [6.45, 7) is 2.38. The zero-order chi connectivity index (χ0) is 18.7. The number of hydrogen-bond donors (Lipinski definition) is 1. The molecule has 3 rings (SSSR count). The SMILES string of the molecule is CC(NC(=O)C1CCCN(S(=O)(=O)c2cccs2)C1)c1cccc(F)c1. The Hall–Kier alpha value is -1.77. The van der Waals surface area contributed by atoms with Crippen molar-refractivity contribution in [1.29, 1.82) is 0 Å². The normalized spacial score (nSPS) is 19.8. The third kappa shape index (κ3) is 4.13. The van der Waals surface area contributed by atoms with Crippen molar-refractivity contribution in [3.05, 3.63) is 53.2 Å². The first-order chi connectivity index (χ1) is 12.4. The molecule has 1 aliphatic rings. The van der Waals surface area contributed by atoms with Gasteiger partial charge in [-0.2, -0.15) is 4.31 Å². The summed E-state index contributed by atoms with van der Waals surface area (Å²) in [5, 5.41) is 4.60. The van der Waals surface area contributed by atoms with Gasteiger partial charge in [-0.15, -0.1) is 11.3 Å².